The van der Waals surface area contributed by atoms with Crippen LogP contribution in [0.3, 0.4) is 0 Å². The molecular formula is C12H12F8NO7S-. The van der Waals surface area contributed by atoms with Crippen LogP contribution in [-0.2, 0) is 29.2 Å². The fourth-order valence-corrected chi connectivity index (χ4v) is 1.77. The minimum absolute atomic E-state index is 0.0413. The highest BCUT2D eigenvalue weighted by molar-refractivity contribution is 7.86. The van der Waals surface area contributed by atoms with E-state index >= 15 is 0 Å². The highest BCUT2D eigenvalue weighted by Gasteiger charge is 2.67. The Balaban J connectivity index is 6.09. The lowest BCUT2D eigenvalue weighted by molar-refractivity contribution is -0.351. The van der Waals surface area contributed by atoms with Gasteiger partial charge in [0.2, 0.25) is 0 Å². The van der Waals surface area contributed by atoms with Gasteiger partial charge in [-0.05, 0) is 0 Å². The molecule has 17 heteroatoms. The molecule has 0 saturated heterocycles. The smallest absolute Gasteiger partial charge is 0.466 e. The Hall–Kier alpha value is -2.01. The van der Waals surface area contributed by atoms with Crippen molar-refractivity contribution in [2.75, 3.05) is 20.7 Å². The van der Waals surface area contributed by atoms with Gasteiger partial charge in [0, 0.05) is 20.5 Å². The maximum Gasteiger partial charge on any atom is 0.466 e. The quantitative estimate of drug-likeness (QED) is 0.175. The van der Waals surface area contributed by atoms with E-state index in [1.165, 1.54) is 0 Å². The van der Waals surface area contributed by atoms with Gasteiger partial charge in [-0.3, -0.25) is 4.79 Å². The summed E-state index contributed by atoms with van der Waals surface area (Å²) in [7, 11) is -5.12. The van der Waals surface area contributed by atoms with Crippen LogP contribution in [-0.4, -0.2) is 73.8 Å². The summed E-state index contributed by atoms with van der Waals surface area (Å²) in [5.41, 5.74) is -2.49. The monoisotopic (exact) mass is 466 g/mol. The number of carbonyl (C=O) groups is 2. The van der Waals surface area contributed by atoms with Crippen LogP contribution < -0.4 is 0 Å². The zero-order valence-corrected chi connectivity index (χ0v) is 15.2. The second-order valence-electron chi connectivity index (χ2n) is 5.37. The molecule has 1 amide bonds. The number of esters is 1. The normalized spacial score (nSPS) is 15.4. The van der Waals surface area contributed by atoms with Crippen LogP contribution >= 0.6 is 0 Å². The van der Waals surface area contributed by atoms with Crippen LogP contribution in [0.2, 0.25) is 0 Å². The van der Waals surface area contributed by atoms with Gasteiger partial charge < -0.3 is 18.9 Å². The number of rotatable bonds is 8. The standard InChI is InChI=1S/C12H13F8NO7S/c1-6(11(15,16)17)7(22)28-10(12(18,19)20,8(23)21(2)3)27-5-4-9(13,14)29(24,25)26/h1,4-5H2,2-3H3,(H,24,25,26)/p-1. The van der Waals surface area contributed by atoms with Gasteiger partial charge in [0.1, 0.15) is 5.57 Å². The molecule has 0 radical (unpaired) electrons. The molecule has 0 fully saturated rings. The summed E-state index contributed by atoms with van der Waals surface area (Å²) in [5, 5.41) is -5.16. The maximum absolute atomic E-state index is 13.4. The number of nitrogens with zero attached hydrogens (tertiary/aromatic N) is 1. The van der Waals surface area contributed by atoms with Crippen molar-refractivity contribution in [3.8, 4) is 0 Å². The molecule has 170 valence electrons. The van der Waals surface area contributed by atoms with Crippen molar-refractivity contribution in [1.29, 1.82) is 0 Å². The van der Waals surface area contributed by atoms with E-state index in [1.807, 2.05) is 0 Å². The Morgan fingerprint density at radius 3 is 1.79 bits per heavy atom. The summed E-state index contributed by atoms with van der Waals surface area (Å²) in [6.07, 6.45) is -13.9. The summed E-state index contributed by atoms with van der Waals surface area (Å²) in [6, 6.07) is 0. The predicted molar refractivity (Wildman–Crippen MR) is 74.0 cm³/mol. The number of halogens is 8. The Bertz CT molecular complexity index is 759. The summed E-state index contributed by atoms with van der Waals surface area (Å²) in [5.74, 6) is -10.1. The molecule has 0 aliphatic carbocycles. The van der Waals surface area contributed by atoms with Gasteiger partial charge in [-0.15, -0.1) is 0 Å². The minimum Gasteiger partial charge on any atom is -0.743 e. The second kappa shape index (κ2) is 8.39. The molecule has 1 atom stereocenters. The summed E-state index contributed by atoms with van der Waals surface area (Å²) < 4.78 is 142. The van der Waals surface area contributed by atoms with Gasteiger partial charge in [-0.25, -0.2) is 13.2 Å². The third-order valence-corrected chi connectivity index (χ3v) is 3.89. The summed E-state index contributed by atoms with van der Waals surface area (Å²) in [4.78, 5) is 23.4. The fraction of sp³-hybridized carbons (Fsp3) is 0.667. The van der Waals surface area contributed by atoms with E-state index in [4.69, 9.17) is 0 Å². The number of hydrogen-bond donors (Lipinski definition) is 0. The van der Waals surface area contributed by atoms with Crippen LogP contribution in [0.15, 0.2) is 12.2 Å². The number of amides is 1. The third-order valence-electron chi connectivity index (χ3n) is 2.95. The van der Waals surface area contributed by atoms with E-state index in [-0.39, 0.29) is 4.90 Å². The van der Waals surface area contributed by atoms with Crippen LogP contribution in [0.25, 0.3) is 0 Å². The molecule has 0 rings (SSSR count). The Kier molecular flexibility index (Phi) is 7.81. The molecule has 29 heavy (non-hydrogen) atoms. The molecule has 1 unspecified atom stereocenters. The molecule has 8 nitrogen and oxygen atoms in total. The lowest BCUT2D eigenvalue weighted by Crippen LogP contribution is -2.61. The van der Waals surface area contributed by atoms with Gasteiger partial charge in [0.05, 0.1) is 6.61 Å². The molecule has 0 saturated carbocycles. The number of likely N-dealkylation sites (N-methyl/N-ethyl adjacent to an activating group) is 1. The van der Waals surface area contributed by atoms with Crippen LogP contribution in [0.5, 0.6) is 0 Å². The van der Waals surface area contributed by atoms with Crippen molar-refractivity contribution in [1.82, 2.24) is 4.90 Å². The zero-order valence-electron chi connectivity index (χ0n) is 14.4. The van der Waals surface area contributed by atoms with Gasteiger partial charge in [0.15, 0.2) is 10.1 Å². The maximum atomic E-state index is 13.4. The van der Waals surface area contributed by atoms with Gasteiger partial charge in [0.25, 0.3) is 0 Å². The number of hydrogen-bond acceptors (Lipinski definition) is 7. The first kappa shape index (κ1) is 27.0. The summed E-state index contributed by atoms with van der Waals surface area (Å²) in [6.45, 7) is 0.118. The highest BCUT2D eigenvalue weighted by atomic mass is 32.2. The summed E-state index contributed by atoms with van der Waals surface area (Å²) >= 11 is 0. The Labute approximate surface area is 157 Å². The lowest BCUT2D eigenvalue weighted by atomic mass is 10.2. The molecule has 0 aromatic rings. The molecule has 0 aromatic carbocycles. The first-order chi connectivity index (χ1) is 12.6. The van der Waals surface area contributed by atoms with Crippen LogP contribution in [0.4, 0.5) is 35.1 Å². The average Bonchev–Trinajstić information content (AvgIpc) is 2.48. The molecule has 0 aliphatic heterocycles. The predicted octanol–water partition coefficient (Wildman–Crippen LogP) is 1.54. The van der Waals surface area contributed by atoms with E-state index in [0.29, 0.717) is 14.1 Å². The van der Waals surface area contributed by atoms with E-state index in [2.05, 4.69) is 16.1 Å². The minimum atomic E-state index is -6.36. The number of alkyl halides is 8. The molecular weight excluding hydrogens is 454 g/mol. The average molecular weight is 466 g/mol. The van der Waals surface area contributed by atoms with E-state index in [0.717, 1.165) is 0 Å². The van der Waals surface area contributed by atoms with Crippen molar-refractivity contribution in [2.24, 2.45) is 0 Å². The highest BCUT2D eigenvalue weighted by Crippen LogP contribution is 2.39. The van der Waals surface area contributed by atoms with Gasteiger partial charge in [-0.2, -0.15) is 35.1 Å². The van der Waals surface area contributed by atoms with Gasteiger partial charge >= 0.3 is 35.3 Å². The van der Waals surface area contributed by atoms with Crippen molar-refractivity contribution in [3.63, 3.8) is 0 Å². The van der Waals surface area contributed by atoms with Crippen molar-refractivity contribution in [2.45, 2.75) is 29.8 Å². The van der Waals surface area contributed by atoms with Crippen molar-refractivity contribution >= 4 is 22.0 Å². The molecule has 0 aromatic heterocycles. The third kappa shape index (κ3) is 6.23. The number of carbonyl (C=O) groups excluding carboxylic acids is 2. The molecule has 0 aliphatic rings. The molecule has 0 N–H and O–H groups in total. The topological polar surface area (TPSA) is 113 Å². The Morgan fingerprint density at radius 1 is 1.03 bits per heavy atom. The fourth-order valence-electron chi connectivity index (χ4n) is 1.44. The van der Waals surface area contributed by atoms with Crippen molar-refractivity contribution in [3.05, 3.63) is 12.2 Å². The number of ether oxygens (including phenoxy) is 2. The van der Waals surface area contributed by atoms with Crippen LogP contribution in [0, 0.1) is 0 Å². The largest absolute Gasteiger partial charge is 0.743 e. The van der Waals surface area contributed by atoms with Gasteiger partial charge in [-0.1, -0.05) is 6.58 Å². The van der Waals surface area contributed by atoms with E-state index in [1.54, 1.807) is 0 Å². The SMILES string of the molecule is C=C(C(=O)OC(OCCC(F)(F)S(=O)(=O)[O-])(C(=O)N(C)C)C(F)(F)F)C(F)(F)F. The second-order valence-corrected chi connectivity index (χ2v) is 6.88. The van der Waals surface area contributed by atoms with E-state index in [9.17, 15) is 57.7 Å². The molecule has 0 bridgehead atoms. The van der Waals surface area contributed by atoms with E-state index < -0.39 is 64.0 Å². The first-order valence-corrected chi connectivity index (χ1v) is 8.26. The first-order valence-electron chi connectivity index (χ1n) is 6.85. The molecule has 0 heterocycles. The Morgan fingerprint density at radius 2 is 1.48 bits per heavy atom. The zero-order chi connectivity index (χ0) is 23.6. The van der Waals surface area contributed by atoms with Crippen LogP contribution in [0.1, 0.15) is 6.42 Å². The van der Waals surface area contributed by atoms with Crippen molar-refractivity contribution < 1.29 is 67.2 Å². The lowest BCUT2D eigenvalue weighted by Gasteiger charge is -2.35. The molecule has 0 spiro atoms.